The highest BCUT2D eigenvalue weighted by Gasteiger charge is 2.32. The molecule has 1 unspecified atom stereocenters. The summed E-state index contributed by atoms with van der Waals surface area (Å²) in [4.78, 5) is 25.0. The van der Waals surface area contributed by atoms with Crippen LogP contribution in [0.25, 0.3) is 6.08 Å². The van der Waals surface area contributed by atoms with E-state index in [2.05, 4.69) is 0 Å². The van der Waals surface area contributed by atoms with E-state index in [1.807, 2.05) is 0 Å². The van der Waals surface area contributed by atoms with Crippen molar-refractivity contribution in [2.75, 3.05) is 25.2 Å². The largest absolute Gasteiger partial charge is 0.452 e. The van der Waals surface area contributed by atoms with Crippen LogP contribution in [0.15, 0.2) is 30.3 Å². The number of rotatable bonds is 5. The van der Waals surface area contributed by atoms with E-state index in [4.69, 9.17) is 16.3 Å². The standard InChI is InChI=1S/C16H18ClNO5S/c1-18(13-8-9-24(21,22)11-13)15(19)10-23-16(20)7-6-12-4-2-3-5-14(12)17/h2-7,13H,8-11H2,1H3. The lowest BCUT2D eigenvalue weighted by Crippen LogP contribution is -2.40. The summed E-state index contributed by atoms with van der Waals surface area (Å²) in [5.41, 5.74) is 0.663. The average Bonchev–Trinajstić information content (AvgIpc) is 2.91. The van der Waals surface area contributed by atoms with Gasteiger partial charge in [-0.25, -0.2) is 13.2 Å². The van der Waals surface area contributed by atoms with Gasteiger partial charge in [-0.15, -0.1) is 0 Å². The number of likely N-dealkylation sites (N-methyl/N-ethyl adjacent to an activating group) is 1. The van der Waals surface area contributed by atoms with E-state index in [0.29, 0.717) is 17.0 Å². The number of halogens is 1. The van der Waals surface area contributed by atoms with E-state index >= 15 is 0 Å². The third kappa shape index (κ3) is 5.07. The molecule has 1 aromatic carbocycles. The van der Waals surface area contributed by atoms with Crippen LogP contribution in [0.5, 0.6) is 0 Å². The Bertz CT molecular complexity index is 759. The van der Waals surface area contributed by atoms with Crippen molar-refractivity contribution in [3.63, 3.8) is 0 Å². The van der Waals surface area contributed by atoms with Gasteiger partial charge in [0.1, 0.15) is 0 Å². The second-order valence-corrected chi connectivity index (χ2v) is 8.16. The van der Waals surface area contributed by atoms with Gasteiger partial charge in [0.15, 0.2) is 16.4 Å². The molecule has 1 aliphatic heterocycles. The Morgan fingerprint density at radius 1 is 1.38 bits per heavy atom. The highest BCUT2D eigenvalue weighted by Crippen LogP contribution is 2.17. The molecule has 1 fully saturated rings. The molecule has 24 heavy (non-hydrogen) atoms. The van der Waals surface area contributed by atoms with Gasteiger partial charge >= 0.3 is 5.97 Å². The van der Waals surface area contributed by atoms with Crippen LogP contribution in [-0.4, -0.2) is 56.4 Å². The molecule has 2 rings (SSSR count). The number of hydrogen-bond donors (Lipinski definition) is 0. The van der Waals surface area contributed by atoms with Crippen molar-refractivity contribution in [2.45, 2.75) is 12.5 Å². The summed E-state index contributed by atoms with van der Waals surface area (Å²) in [6, 6.07) is 6.63. The third-order valence-corrected chi connectivity index (χ3v) is 5.89. The number of esters is 1. The number of amides is 1. The smallest absolute Gasteiger partial charge is 0.331 e. The third-order valence-electron chi connectivity index (χ3n) is 3.79. The first-order chi connectivity index (χ1) is 11.3. The highest BCUT2D eigenvalue weighted by atomic mass is 35.5. The minimum Gasteiger partial charge on any atom is -0.452 e. The molecule has 1 atom stereocenters. The zero-order chi connectivity index (χ0) is 17.7. The second-order valence-electron chi connectivity index (χ2n) is 5.52. The van der Waals surface area contributed by atoms with Gasteiger partial charge in [-0.1, -0.05) is 29.8 Å². The lowest BCUT2D eigenvalue weighted by Gasteiger charge is -2.22. The second kappa shape index (κ2) is 7.81. The Morgan fingerprint density at radius 3 is 2.71 bits per heavy atom. The molecule has 1 aromatic rings. The van der Waals surface area contributed by atoms with Crippen molar-refractivity contribution in [2.24, 2.45) is 0 Å². The number of carbonyl (C=O) groups is 2. The van der Waals surface area contributed by atoms with E-state index in [1.54, 1.807) is 24.3 Å². The van der Waals surface area contributed by atoms with E-state index in [0.717, 1.165) is 0 Å². The number of ether oxygens (including phenoxy) is 1. The first-order valence-electron chi connectivity index (χ1n) is 7.34. The topological polar surface area (TPSA) is 80.8 Å². The Labute approximate surface area is 146 Å². The fraction of sp³-hybridized carbons (Fsp3) is 0.375. The van der Waals surface area contributed by atoms with Gasteiger partial charge in [0.2, 0.25) is 0 Å². The summed E-state index contributed by atoms with van der Waals surface area (Å²) in [6.07, 6.45) is 3.10. The van der Waals surface area contributed by atoms with Gasteiger partial charge in [0.05, 0.1) is 11.5 Å². The zero-order valence-electron chi connectivity index (χ0n) is 13.1. The Hall–Kier alpha value is -1.86. The molecule has 0 aliphatic carbocycles. The predicted octanol–water partition coefficient (Wildman–Crippen LogP) is 1.54. The monoisotopic (exact) mass is 371 g/mol. The van der Waals surface area contributed by atoms with Crippen molar-refractivity contribution in [3.8, 4) is 0 Å². The zero-order valence-corrected chi connectivity index (χ0v) is 14.7. The maximum atomic E-state index is 12.0. The van der Waals surface area contributed by atoms with Gasteiger partial charge in [0, 0.05) is 24.2 Å². The fourth-order valence-corrected chi connectivity index (χ4v) is 4.31. The molecular formula is C16H18ClNO5S. The summed E-state index contributed by atoms with van der Waals surface area (Å²) in [6.45, 7) is -0.432. The molecule has 0 bridgehead atoms. The van der Waals surface area contributed by atoms with Crippen LogP contribution in [0.2, 0.25) is 5.02 Å². The molecule has 1 heterocycles. The quantitative estimate of drug-likeness (QED) is 0.579. The average molecular weight is 372 g/mol. The summed E-state index contributed by atoms with van der Waals surface area (Å²) >= 11 is 5.96. The van der Waals surface area contributed by atoms with Crippen LogP contribution in [0, 0.1) is 0 Å². The van der Waals surface area contributed by atoms with Gasteiger partial charge < -0.3 is 9.64 Å². The lowest BCUT2D eigenvalue weighted by atomic mass is 10.2. The van der Waals surface area contributed by atoms with E-state index in [-0.39, 0.29) is 17.5 Å². The van der Waals surface area contributed by atoms with Crippen molar-refractivity contribution >= 4 is 39.4 Å². The molecule has 0 spiro atoms. The molecular weight excluding hydrogens is 354 g/mol. The minimum atomic E-state index is -3.07. The van der Waals surface area contributed by atoms with Crippen LogP contribution >= 0.6 is 11.6 Å². The SMILES string of the molecule is CN(C(=O)COC(=O)C=Cc1ccccc1Cl)C1CCS(=O)(=O)C1. The fourth-order valence-electron chi connectivity index (χ4n) is 2.34. The molecule has 130 valence electrons. The predicted molar refractivity (Wildman–Crippen MR) is 91.3 cm³/mol. The van der Waals surface area contributed by atoms with Crippen LogP contribution < -0.4 is 0 Å². The number of carbonyl (C=O) groups excluding carboxylic acids is 2. The molecule has 0 aromatic heterocycles. The van der Waals surface area contributed by atoms with Gasteiger partial charge in [-0.05, 0) is 24.1 Å². The summed E-state index contributed by atoms with van der Waals surface area (Å²) < 4.78 is 27.8. The van der Waals surface area contributed by atoms with Crippen molar-refractivity contribution in [3.05, 3.63) is 40.9 Å². The van der Waals surface area contributed by atoms with E-state index in [9.17, 15) is 18.0 Å². The number of hydrogen-bond acceptors (Lipinski definition) is 5. The molecule has 6 nitrogen and oxygen atoms in total. The normalized spacial score (nSPS) is 19.3. The summed E-state index contributed by atoms with van der Waals surface area (Å²) in [7, 11) is -1.56. The minimum absolute atomic E-state index is 0.0460. The number of benzene rings is 1. The molecule has 0 N–H and O–H groups in total. The Balaban J connectivity index is 1.83. The number of sulfone groups is 1. The van der Waals surface area contributed by atoms with Crippen molar-refractivity contribution in [1.29, 1.82) is 0 Å². The molecule has 1 amide bonds. The Kier molecular flexibility index (Phi) is 6.01. The first kappa shape index (κ1) is 18.5. The maximum absolute atomic E-state index is 12.0. The van der Waals surface area contributed by atoms with Crippen LogP contribution in [-0.2, 0) is 24.2 Å². The maximum Gasteiger partial charge on any atom is 0.331 e. The molecule has 0 radical (unpaired) electrons. The van der Waals surface area contributed by atoms with Crippen LogP contribution in [0.1, 0.15) is 12.0 Å². The van der Waals surface area contributed by atoms with Gasteiger partial charge in [0.25, 0.3) is 5.91 Å². The highest BCUT2D eigenvalue weighted by molar-refractivity contribution is 7.91. The van der Waals surface area contributed by atoms with Gasteiger partial charge in [-0.2, -0.15) is 0 Å². The van der Waals surface area contributed by atoms with Crippen molar-refractivity contribution in [1.82, 2.24) is 4.90 Å². The van der Waals surface area contributed by atoms with Crippen molar-refractivity contribution < 1.29 is 22.7 Å². The number of nitrogens with zero attached hydrogens (tertiary/aromatic N) is 1. The molecule has 1 aliphatic rings. The van der Waals surface area contributed by atoms with Crippen LogP contribution in [0.4, 0.5) is 0 Å². The molecule has 8 heteroatoms. The van der Waals surface area contributed by atoms with Gasteiger partial charge in [-0.3, -0.25) is 4.79 Å². The summed E-state index contributed by atoms with van der Waals surface area (Å²) in [5, 5.41) is 0.500. The first-order valence-corrected chi connectivity index (χ1v) is 9.54. The molecule has 0 saturated carbocycles. The summed E-state index contributed by atoms with van der Waals surface area (Å²) in [5.74, 6) is -1.07. The van der Waals surface area contributed by atoms with Crippen LogP contribution in [0.3, 0.4) is 0 Å². The van der Waals surface area contributed by atoms with E-state index < -0.39 is 28.3 Å². The molecule has 1 saturated heterocycles. The van der Waals surface area contributed by atoms with E-state index in [1.165, 1.54) is 24.1 Å². The Morgan fingerprint density at radius 2 is 2.08 bits per heavy atom. The lowest BCUT2D eigenvalue weighted by molar-refractivity contribution is -0.148.